The van der Waals surface area contributed by atoms with Gasteiger partial charge in [0.25, 0.3) is 5.89 Å². The van der Waals surface area contributed by atoms with Gasteiger partial charge in [-0.15, -0.1) is 0 Å². The van der Waals surface area contributed by atoms with Crippen LogP contribution in [-0.2, 0) is 6.61 Å². The average Bonchev–Trinajstić information content (AvgIpc) is 2.72. The number of nitrogens with zero attached hydrogens (tertiary/aromatic N) is 2. The van der Waals surface area contributed by atoms with E-state index in [1.807, 2.05) is 0 Å². The first-order chi connectivity index (χ1) is 8.56. The molecule has 0 aliphatic carbocycles. The summed E-state index contributed by atoms with van der Waals surface area (Å²) in [5.41, 5.74) is 0.232. The van der Waals surface area contributed by atoms with Gasteiger partial charge in [-0.1, -0.05) is 5.16 Å². The van der Waals surface area contributed by atoms with Crippen molar-refractivity contribution in [2.24, 2.45) is 0 Å². The van der Waals surface area contributed by atoms with Crippen molar-refractivity contribution in [2.45, 2.75) is 26.6 Å². The summed E-state index contributed by atoms with van der Waals surface area (Å²) in [6.45, 7) is 3.28. The maximum Gasteiger partial charge on any atom is 0.264 e. The number of aryl methyl sites for hydroxylation is 1. The predicted molar refractivity (Wildman–Crippen MR) is 60.4 cm³/mol. The van der Waals surface area contributed by atoms with Crippen LogP contribution < -0.4 is 4.74 Å². The van der Waals surface area contributed by atoms with Crippen molar-refractivity contribution in [3.8, 4) is 5.75 Å². The molecular formula is C12H13FN2O3. The number of aliphatic hydroxyl groups excluding tert-OH is 1. The normalized spacial score (nSPS) is 12.4. The van der Waals surface area contributed by atoms with Gasteiger partial charge >= 0.3 is 0 Å². The van der Waals surface area contributed by atoms with E-state index in [2.05, 4.69) is 10.1 Å². The van der Waals surface area contributed by atoms with Gasteiger partial charge in [-0.2, -0.15) is 4.98 Å². The van der Waals surface area contributed by atoms with Gasteiger partial charge in [0.1, 0.15) is 11.6 Å². The molecule has 5 nitrogen and oxygen atoms in total. The molecule has 0 aliphatic rings. The van der Waals surface area contributed by atoms with Gasteiger partial charge < -0.3 is 14.4 Å². The van der Waals surface area contributed by atoms with Crippen LogP contribution in [0.1, 0.15) is 30.3 Å². The highest BCUT2D eigenvalue weighted by atomic mass is 19.1. The molecule has 1 aromatic carbocycles. The van der Waals surface area contributed by atoms with Crippen LogP contribution in [0.3, 0.4) is 0 Å². The Hall–Kier alpha value is -1.95. The number of rotatable bonds is 4. The number of ether oxygens (including phenoxy) is 1. The zero-order chi connectivity index (χ0) is 13.1. The minimum atomic E-state index is -0.849. The Morgan fingerprint density at radius 1 is 1.50 bits per heavy atom. The first kappa shape index (κ1) is 12.5. The van der Waals surface area contributed by atoms with Crippen molar-refractivity contribution in [1.29, 1.82) is 0 Å². The Labute approximate surface area is 103 Å². The minimum Gasteiger partial charge on any atom is -0.484 e. The molecule has 0 saturated carbocycles. The first-order valence-corrected chi connectivity index (χ1v) is 5.46. The van der Waals surface area contributed by atoms with E-state index in [0.717, 1.165) is 0 Å². The molecule has 0 bridgehead atoms. The lowest BCUT2D eigenvalue weighted by Gasteiger charge is -2.08. The molecular weight excluding hydrogens is 239 g/mol. The molecule has 0 fully saturated rings. The van der Waals surface area contributed by atoms with Gasteiger partial charge in [0.05, 0.1) is 6.10 Å². The molecule has 1 N–H and O–H groups in total. The SMILES string of the molecule is Cc1noc(COc2ccc([C@H](C)O)c(F)c2)n1. The summed E-state index contributed by atoms with van der Waals surface area (Å²) in [4.78, 5) is 3.96. The third-order valence-electron chi connectivity index (χ3n) is 2.35. The van der Waals surface area contributed by atoms with Gasteiger partial charge in [-0.3, -0.25) is 0 Å². The molecule has 2 rings (SSSR count). The highest BCUT2D eigenvalue weighted by molar-refractivity contribution is 5.30. The topological polar surface area (TPSA) is 68.4 Å². The summed E-state index contributed by atoms with van der Waals surface area (Å²) in [7, 11) is 0. The number of halogens is 1. The van der Waals surface area contributed by atoms with Crippen molar-refractivity contribution in [2.75, 3.05) is 0 Å². The number of aliphatic hydroxyl groups is 1. The van der Waals surface area contributed by atoms with E-state index in [0.29, 0.717) is 17.5 Å². The van der Waals surface area contributed by atoms with E-state index in [1.165, 1.54) is 19.1 Å². The van der Waals surface area contributed by atoms with Crippen LogP contribution >= 0.6 is 0 Å². The van der Waals surface area contributed by atoms with E-state index >= 15 is 0 Å². The van der Waals surface area contributed by atoms with Gasteiger partial charge in [-0.05, 0) is 26.0 Å². The van der Waals surface area contributed by atoms with Crippen molar-refractivity contribution >= 4 is 0 Å². The second-order valence-corrected chi connectivity index (χ2v) is 3.88. The fourth-order valence-electron chi connectivity index (χ4n) is 1.48. The molecule has 2 aromatic rings. The molecule has 0 unspecified atom stereocenters. The third-order valence-corrected chi connectivity index (χ3v) is 2.35. The monoisotopic (exact) mass is 252 g/mol. The summed E-state index contributed by atoms with van der Waals surface area (Å²) in [5.74, 6) is 0.675. The van der Waals surface area contributed by atoms with Crippen molar-refractivity contribution in [1.82, 2.24) is 10.1 Å². The highest BCUT2D eigenvalue weighted by Gasteiger charge is 2.10. The van der Waals surface area contributed by atoms with E-state index in [-0.39, 0.29) is 12.2 Å². The van der Waals surface area contributed by atoms with Crippen molar-refractivity contribution < 1.29 is 18.8 Å². The van der Waals surface area contributed by atoms with Gasteiger partial charge in [0.2, 0.25) is 0 Å². The van der Waals surface area contributed by atoms with Crippen LogP contribution in [0.15, 0.2) is 22.7 Å². The van der Waals surface area contributed by atoms with E-state index < -0.39 is 11.9 Å². The molecule has 0 radical (unpaired) electrons. The Kier molecular flexibility index (Phi) is 3.57. The molecule has 96 valence electrons. The van der Waals surface area contributed by atoms with Crippen molar-refractivity contribution in [3.05, 3.63) is 41.3 Å². The highest BCUT2D eigenvalue weighted by Crippen LogP contribution is 2.22. The molecule has 18 heavy (non-hydrogen) atoms. The lowest BCUT2D eigenvalue weighted by atomic mass is 10.1. The predicted octanol–water partition coefficient (Wildman–Crippen LogP) is 2.15. The average molecular weight is 252 g/mol. The lowest BCUT2D eigenvalue weighted by molar-refractivity contribution is 0.193. The zero-order valence-corrected chi connectivity index (χ0v) is 10.1. The molecule has 1 atom stereocenters. The molecule has 1 aromatic heterocycles. The summed E-state index contributed by atoms with van der Waals surface area (Å²) in [5, 5.41) is 12.9. The number of hydrogen-bond acceptors (Lipinski definition) is 5. The quantitative estimate of drug-likeness (QED) is 0.902. The summed E-state index contributed by atoms with van der Waals surface area (Å²) < 4.78 is 23.7. The third kappa shape index (κ3) is 2.84. The van der Waals surface area contributed by atoms with Crippen molar-refractivity contribution in [3.63, 3.8) is 0 Å². The van der Waals surface area contributed by atoms with E-state index in [4.69, 9.17) is 9.26 Å². The van der Waals surface area contributed by atoms with Gasteiger partial charge in [-0.25, -0.2) is 4.39 Å². The van der Waals surface area contributed by atoms with E-state index in [1.54, 1.807) is 13.0 Å². The fraction of sp³-hybridized carbons (Fsp3) is 0.333. The van der Waals surface area contributed by atoms with Crippen LogP contribution in [0.5, 0.6) is 5.75 Å². The minimum absolute atomic E-state index is 0.0777. The first-order valence-electron chi connectivity index (χ1n) is 5.46. The second-order valence-electron chi connectivity index (χ2n) is 3.88. The summed E-state index contributed by atoms with van der Waals surface area (Å²) >= 11 is 0. The maximum absolute atomic E-state index is 13.5. The Bertz CT molecular complexity index is 540. The largest absolute Gasteiger partial charge is 0.484 e. The Balaban J connectivity index is 2.04. The number of hydrogen-bond donors (Lipinski definition) is 1. The van der Waals surface area contributed by atoms with Crippen LogP contribution in [0.2, 0.25) is 0 Å². The Morgan fingerprint density at radius 2 is 2.28 bits per heavy atom. The molecule has 0 saturated heterocycles. The van der Waals surface area contributed by atoms with Gasteiger partial charge in [0.15, 0.2) is 12.4 Å². The Morgan fingerprint density at radius 3 is 2.83 bits per heavy atom. The smallest absolute Gasteiger partial charge is 0.264 e. The molecule has 6 heteroatoms. The van der Waals surface area contributed by atoms with Gasteiger partial charge in [0, 0.05) is 11.6 Å². The van der Waals surface area contributed by atoms with Crippen LogP contribution in [0.25, 0.3) is 0 Å². The number of aromatic nitrogens is 2. The standard InChI is InChI=1S/C12H13FN2O3/c1-7(16)10-4-3-9(5-11(10)13)17-6-12-14-8(2)15-18-12/h3-5,7,16H,6H2,1-2H3/t7-/m0/s1. The van der Waals surface area contributed by atoms with E-state index in [9.17, 15) is 9.50 Å². The van der Waals surface area contributed by atoms with Crippen LogP contribution in [-0.4, -0.2) is 15.2 Å². The maximum atomic E-state index is 13.5. The summed E-state index contributed by atoms with van der Waals surface area (Å²) in [6, 6.07) is 4.27. The lowest BCUT2D eigenvalue weighted by Crippen LogP contribution is -1.99. The summed E-state index contributed by atoms with van der Waals surface area (Å²) in [6.07, 6.45) is -0.849. The molecule has 1 heterocycles. The fourth-order valence-corrected chi connectivity index (χ4v) is 1.48. The second kappa shape index (κ2) is 5.14. The molecule has 0 amide bonds. The zero-order valence-electron chi connectivity index (χ0n) is 10.1. The molecule has 0 spiro atoms. The van der Waals surface area contributed by atoms with Crippen LogP contribution in [0, 0.1) is 12.7 Å². The number of benzene rings is 1. The van der Waals surface area contributed by atoms with Crippen LogP contribution in [0.4, 0.5) is 4.39 Å². The molecule has 0 aliphatic heterocycles.